The SMILES string of the molecule is CCn1c(C)nc2c(c1=O)[C@@H](Cc1cccc(-c3ccccc3F)c1)[C@@H](NS(C)(=O)=O)CC2. The number of aromatic nitrogens is 2. The second kappa shape index (κ2) is 9.19. The van der Waals surface area contributed by atoms with Crippen LogP contribution in [0.3, 0.4) is 0 Å². The lowest BCUT2D eigenvalue weighted by Crippen LogP contribution is -2.46. The first-order chi connectivity index (χ1) is 15.7. The van der Waals surface area contributed by atoms with E-state index in [0.29, 0.717) is 42.8 Å². The van der Waals surface area contributed by atoms with Crippen LogP contribution in [0.25, 0.3) is 11.1 Å². The summed E-state index contributed by atoms with van der Waals surface area (Å²) < 4.78 is 42.9. The highest BCUT2D eigenvalue weighted by atomic mass is 32.2. The summed E-state index contributed by atoms with van der Waals surface area (Å²) in [7, 11) is -3.47. The van der Waals surface area contributed by atoms with E-state index in [-0.39, 0.29) is 17.3 Å². The third-order valence-corrected chi connectivity index (χ3v) is 7.00. The highest BCUT2D eigenvalue weighted by Crippen LogP contribution is 2.33. The lowest BCUT2D eigenvalue weighted by molar-refractivity contribution is 0.415. The Morgan fingerprint density at radius 3 is 2.64 bits per heavy atom. The van der Waals surface area contributed by atoms with Crippen molar-refractivity contribution in [1.29, 1.82) is 0 Å². The zero-order chi connectivity index (χ0) is 23.8. The van der Waals surface area contributed by atoms with Crippen LogP contribution >= 0.6 is 0 Å². The van der Waals surface area contributed by atoms with Crippen molar-refractivity contribution < 1.29 is 12.8 Å². The summed E-state index contributed by atoms with van der Waals surface area (Å²) in [6.45, 7) is 4.20. The van der Waals surface area contributed by atoms with Gasteiger partial charge in [-0.15, -0.1) is 0 Å². The van der Waals surface area contributed by atoms with Crippen molar-refractivity contribution in [3.63, 3.8) is 0 Å². The zero-order valence-corrected chi connectivity index (χ0v) is 19.8. The van der Waals surface area contributed by atoms with Gasteiger partial charge >= 0.3 is 0 Å². The van der Waals surface area contributed by atoms with Gasteiger partial charge in [0.25, 0.3) is 5.56 Å². The third kappa shape index (κ3) is 4.91. The first kappa shape index (κ1) is 23.3. The number of hydrogen-bond acceptors (Lipinski definition) is 4. The quantitative estimate of drug-likeness (QED) is 0.599. The predicted octanol–water partition coefficient (Wildman–Crippen LogP) is 3.57. The lowest BCUT2D eigenvalue weighted by Gasteiger charge is -2.33. The fraction of sp³-hybridized carbons (Fsp3) is 0.360. The molecule has 2 atom stereocenters. The van der Waals surface area contributed by atoms with Gasteiger partial charge < -0.3 is 0 Å². The van der Waals surface area contributed by atoms with Gasteiger partial charge in [0.15, 0.2) is 0 Å². The highest BCUT2D eigenvalue weighted by molar-refractivity contribution is 7.88. The molecule has 0 spiro atoms. The topological polar surface area (TPSA) is 81.1 Å². The Balaban J connectivity index is 1.80. The number of nitrogens with one attached hydrogen (secondary N) is 1. The van der Waals surface area contributed by atoms with Crippen molar-refractivity contribution in [2.45, 2.75) is 51.6 Å². The molecule has 4 rings (SSSR count). The standard InChI is InChI=1S/C25H28FN3O3S/c1-4-29-16(2)27-23-13-12-22(28-33(3,31)32)20(24(23)25(29)30)15-17-8-7-9-18(14-17)19-10-5-6-11-21(19)26/h5-11,14,20,22,28H,4,12-13,15H2,1-3H3/t20-,22-/m0/s1. The molecule has 0 fully saturated rings. The maximum atomic E-state index is 14.4. The van der Waals surface area contributed by atoms with Gasteiger partial charge in [-0.25, -0.2) is 22.5 Å². The van der Waals surface area contributed by atoms with E-state index in [9.17, 15) is 17.6 Å². The van der Waals surface area contributed by atoms with Crippen LogP contribution in [0.4, 0.5) is 4.39 Å². The van der Waals surface area contributed by atoms with E-state index >= 15 is 0 Å². The number of sulfonamides is 1. The molecule has 1 aliphatic rings. The number of nitrogens with zero attached hydrogens (tertiary/aromatic N) is 2. The highest BCUT2D eigenvalue weighted by Gasteiger charge is 2.35. The first-order valence-electron chi connectivity index (χ1n) is 11.1. The summed E-state index contributed by atoms with van der Waals surface area (Å²) in [4.78, 5) is 18.1. The Labute approximate surface area is 193 Å². The Kier molecular flexibility index (Phi) is 6.50. The molecule has 1 aromatic heterocycles. The van der Waals surface area contributed by atoms with Crippen LogP contribution in [0.1, 0.15) is 41.9 Å². The van der Waals surface area contributed by atoms with E-state index < -0.39 is 16.1 Å². The molecule has 0 bridgehead atoms. The summed E-state index contributed by atoms with van der Waals surface area (Å²) in [5.74, 6) is -0.0198. The van der Waals surface area contributed by atoms with Crippen molar-refractivity contribution >= 4 is 10.0 Å². The third-order valence-electron chi connectivity index (χ3n) is 6.27. The van der Waals surface area contributed by atoms with E-state index in [1.54, 1.807) is 22.8 Å². The summed E-state index contributed by atoms with van der Waals surface area (Å²) in [6, 6.07) is 13.7. The Bertz CT molecular complexity index is 1350. The lowest BCUT2D eigenvalue weighted by atomic mass is 9.78. The second-order valence-electron chi connectivity index (χ2n) is 8.59. The van der Waals surface area contributed by atoms with Crippen LogP contribution in [0.2, 0.25) is 0 Å². The van der Waals surface area contributed by atoms with E-state index in [2.05, 4.69) is 9.71 Å². The van der Waals surface area contributed by atoms with Gasteiger partial charge in [0, 0.05) is 29.6 Å². The molecule has 174 valence electrons. The monoisotopic (exact) mass is 469 g/mol. The minimum atomic E-state index is -3.47. The fourth-order valence-corrected chi connectivity index (χ4v) is 5.67. The van der Waals surface area contributed by atoms with Crippen LogP contribution < -0.4 is 10.3 Å². The maximum absolute atomic E-state index is 14.4. The van der Waals surface area contributed by atoms with Crippen LogP contribution in [-0.2, 0) is 29.4 Å². The summed E-state index contributed by atoms with van der Waals surface area (Å²) in [5, 5.41) is 0. The smallest absolute Gasteiger partial charge is 0.257 e. The normalized spacial score (nSPS) is 18.2. The minimum absolute atomic E-state index is 0.116. The van der Waals surface area contributed by atoms with Crippen LogP contribution in [-0.4, -0.2) is 30.3 Å². The number of halogens is 1. The summed E-state index contributed by atoms with van der Waals surface area (Å²) >= 11 is 0. The van der Waals surface area contributed by atoms with Gasteiger partial charge in [-0.05, 0) is 50.3 Å². The van der Waals surface area contributed by atoms with Gasteiger partial charge in [0.2, 0.25) is 10.0 Å². The molecular formula is C25H28FN3O3S. The van der Waals surface area contributed by atoms with Gasteiger partial charge in [-0.3, -0.25) is 9.36 Å². The van der Waals surface area contributed by atoms with Crippen LogP contribution in [0.15, 0.2) is 53.3 Å². The van der Waals surface area contributed by atoms with E-state index in [0.717, 1.165) is 23.1 Å². The van der Waals surface area contributed by atoms with Crippen LogP contribution in [0.5, 0.6) is 0 Å². The summed E-state index contributed by atoms with van der Waals surface area (Å²) in [5.41, 5.74) is 3.34. The molecule has 0 radical (unpaired) electrons. The number of fused-ring (bicyclic) bond motifs is 1. The van der Waals surface area contributed by atoms with Crippen molar-refractivity contribution in [2.24, 2.45) is 0 Å². The largest absolute Gasteiger partial charge is 0.297 e. The van der Waals surface area contributed by atoms with Crippen molar-refractivity contribution in [2.75, 3.05) is 6.26 Å². The molecule has 0 saturated carbocycles. The molecule has 0 aliphatic heterocycles. The molecule has 33 heavy (non-hydrogen) atoms. The maximum Gasteiger partial charge on any atom is 0.257 e. The number of rotatable bonds is 6. The van der Waals surface area contributed by atoms with Gasteiger partial charge in [0.1, 0.15) is 11.6 Å². The molecular weight excluding hydrogens is 441 g/mol. The molecule has 1 N–H and O–H groups in total. The zero-order valence-electron chi connectivity index (χ0n) is 19.0. The van der Waals surface area contributed by atoms with Crippen molar-refractivity contribution in [3.8, 4) is 11.1 Å². The molecule has 1 aliphatic carbocycles. The first-order valence-corrected chi connectivity index (χ1v) is 13.0. The number of aryl methyl sites for hydroxylation is 2. The van der Waals surface area contributed by atoms with Crippen LogP contribution in [0, 0.1) is 12.7 Å². The average molecular weight is 470 g/mol. The Morgan fingerprint density at radius 2 is 1.94 bits per heavy atom. The van der Waals surface area contributed by atoms with E-state index in [1.165, 1.54) is 6.07 Å². The number of benzene rings is 2. The molecule has 2 aromatic carbocycles. The van der Waals surface area contributed by atoms with Crippen molar-refractivity contribution in [3.05, 3.63) is 87.3 Å². The molecule has 3 aromatic rings. The van der Waals surface area contributed by atoms with E-state index in [1.807, 2.05) is 38.1 Å². The van der Waals surface area contributed by atoms with Gasteiger partial charge in [0.05, 0.1) is 11.9 Å². The molecule has 1 heterocycles. The molecule has 8 heteroatoms. The molecule has 0 unspecified atom stereocenters. The Hall–Kier alpha value is -2.84. The van der Waals surface area contributed by atoms with Crippen molar-refractivity contribution in [1.82, 2.24) is 14.3 Å². The second-order valence-corrected chi connectivity index (χ2v) is 10.4. The van der Waals surface area contributed by atoms with E-state index in [4.69, 9.17) is 0 Å². The van der Waals surface area contributed by atoms with Gasteiger partial charge in [-0.1, -0.05) is 42.5 Å². The average Bonchev–Trinajstić information content (AvgIpc) is 2.75. The molecule has 0 amide bonds. The number of hydrogen-bond donors (Lipinski definition) is 1. The predicted molar refractivity (Wildman–Crippen MR) is 127 cm³/mol. The molecule has 0 saturated heterocycles. The molecule has 6 nitrogen and oxygen atoms in total. The fourth-order valence-electron chi connectivity index (χ4n) is 4.84. The Morgan fingerprint density at radius 1 is 1.18 bits per heavy atom. The summed E-state index contributed by atoms with van der Waals surface area (Å²) in [6.07, 6.45) is 2.66. The minimum Gasteiger partial charge on any atom is -0.297 e. The van der Waals surface area contributed by atoms with Gasteiger partial charge in [-0.2, -0.15) is 0 Å².